The highest BCUT2D eigenvalue weighted by molar-refractivity contribution is 6.30. The normalized spacial score (nSPS) is 10.2. The Hall–Kier alpha value is -2.20. The lowest BCUT2D eigenvalue weighted by molar-refractivity contribution is 0.0947. The standard InChI is InChI=1S/C16H17ClN2O2/c1-2-21-15-13(4-3-5-14(15)18)16(20)19-10-11-6-8-12(17)9-7-11/h3-9H,2,10,18H2,1H3,(H,19,20). The molecule has 0 unspecified atom stereocenters. The monoisotopic (exact) mass is 304 g/mol. The Morgan fingerprint density at radius 1 is 1.24 bits per heavy atom. The first-order chi connectivity index (χ1) is 10.1. The van der Waals surface area contributed by atoms with Crippen LogP contribution in [0.3, 0.4) is 0 Å². The van der Waals surface area contributed by atoms with Gasteiger partial charge in [0.25, 0.3) is 5.91 Å². The third kappa shape index (κ3) is 3.89. The van der Waals surface area contributed by atoms with Crippen LogP contribution in [-0.4, -0.2) is 12.5 Å². The Morgan fingerprint density at radius 2 is 1.95 bits per heavy atom. The number of hydrogen-bond donors (Lipinski definition) is 2. The summed E-state index contributed by atoms with van der Waals surface area (Å²) in [6.45, 7) is 2.71. The van der Waals surface area contributed by atoms with E-state index in [1.165, 1.54) is 0 Å². The van der Waals surface area contributed by atoms with E-state index in [0.717, 1.165) is 5.56 Å². The number of rotatable bonds is 5. The summed E-state index contributed by atoms with van der Waals surface area (Å²) in [6, 6.07) is 12.4. The first kappa shape index (κ1) is 15.2. The number of para-hydroxylation sites is 1. The molecule has 0 aromatic heterocycles. The van der Waals surface area contributed by atoms with Crippen molar-refractivity contribution in [1.82, 2.24) is 5.32 Å². The molecule has 0 fully saturated rings. The average Bonchev–Trinajstić information content (AvgIpc) is 2.48. The van der Waals surface area contributed by atoms with Gasteiger partial charge in [-0.1, -0.05) is 29.8 Å². The molecule has 0 atom stereocenters. The molecule has 0 radical (unpaired) electrons. The van der Waals surface area contributed by atoms with Gasteiger partial charge in [0, 0.05) is 11.6 Å². The lowest BCUT2D eigenvalue weighted by atomic mass is 10.1. The van der Waals surface area contributed by atoms with Gasteiger partial charge in [0.05, 0.1) is 17.9 Å². The van der Waals surface area contributed by atoms with E-state index < -0.39 is 0 Å². The van der Waals surface area contributed by atoms with E-state index in [4.69, 9.17) is 22.1 Å². The highest BCUT2D eigenvalue weighted by Gasteiger charge is 2.14. The van der Waals surface area contributed by atoms with Crippen LogP contribution in [0, 0.1) is 0 Å². The summed E-state index contributed by atoms with van der Waals surface area (Å²) in [4.78, 5) is 12.3. The van der Waals surface area contributed by atoms with Gasteiger partial charge in [-0.05, 0) is 36.8 Å². The van der Waals surface area contributed by atoms with Crippen molar-refractivity contribution in [3.8, 4) is 5.75 Å². The fraction of sp³-hybridized carbons (Fsp3) is 0.188. The molecule has 110 valence electrons. The fourth-order valence-electron chi connectivity index (χ4n) is 1.92. The summed E-state index contributed by atoms with van der Waals surface area (Å²) in [5.74, 6) is 0.203. The molecule has 0 saturated carbocycles. The number of carbonyl (C=O) groups excluding carboxylic acids is 1. The van der Waals surface area contributed by atoms with Crippen molar-refractivity contribution in [3.05, 3.63) is 58.6 Å². The highest BCUT2D eigenvalue weighted by Crippen LogP contribution is 2.26. The van der Waals surface area contributed by atoms with Crippen LogP contribution in [0.4, 0.5) is 5.69 Å². The van der Waals surface area contributed by atoms with Gasteiger partial charge in [-0.2, -0.15) is 0 Å². The van der Waals surface area contributed by atoms with E-state index in [0.29, 0.717) is 35.2 Å². The van der Waals surface area contributed by atoms with Crippen molar-refractivity contribution in [2.75, 3.05) is 12.3 Å². The molecule has 0 aliphatic carbocycles. The zero-order valence-electron chi connectivity index (χ0n) is 11.7. The number of ether oxygens (including phenoxy) is 1. The number of nitrogens with two attached hydrogens (primary N) is 1. The second kappa shape index (κ2) is 6.99. The molecule has 0 heterocycles. The van der Waals surface area contributed by atoms with E-state index in [2.05, 4.69) is 5.32 Å². The number of anilines is 1. The minimum Gasteiger partial charge on any atom is -0.491 e. The van der Waals surface area contributed by atoms with Gasteiger partial charge in [-0.3, -0.25) is 4.79 Å². The molecule has 2 rings (SSSR count). The summed E-state index contributed by atoms with van der Waals surface area (Å²) in [7, 11) is 0. The van der Waals surface area contributed by atoms with Crippen molar-refractivity contribution in [2.24, 2.45) is 0 Å². The van der Waals surface area contributed by atoms with Gasteiger partial charge in [0.2, 0.25) is 0 Å². The van der Waals surface area contributed by atoms with Crippen LogP contribution in [0.5, 0.6) is 5.75 Å². The minimum absolute atomic E-state index is 0.222. The van der Waals surface area contributed by atoms with E-state index in [1.54, 1.807) is 30.3 Å². The topological polar surface area (TPSA) is 64.3 Å². The first-order valence-electron chi connectivity index (χ1n) is 6.65. The predicted octanol–water partition coefficient (Wildman–Crippen LogP) is 3.25. The fourth-order valence-corrected chi connectivity index (χ4v) is 2.04. The molecule has 2 aromatic carbocycles. The molecule has 5 heteroatoms. The quantitative estimate of drug-likeness (QED) is 0.833. The lowest BCUT2D eigenvalue weighted by Crippen LogP contribution is -2.23. The molecular weight excluding hydrogens is 288 g/mol. The summed E-state index contributed by atoms with van der Waals surface area (Å²) >= 11 is 5.83. The van der Waals surface area contributed by atoms with Crippen molar-refractivity contribution >= 4 is 23.2 Å². The van der Waals surface area contributed by atoms with Crippen molar-refractivity contribution < 1.29 is 9.53 Å². The minimum atomic E-state index is -0.222. The number of halogens is 1. The Bertz CT molecular complexity index is 627. The Balaban J connectivity index is 2.10. The molecule has 21 heavy (non-hydrogen) atoms. The Morgan fingerprint density at radius 3 is 2.62 bits per heavy atom. The Labute approximate surface area is 128 Å². The van der Waals surface area contributed by atoms with Crippen LogP contribution in [0.1, 0.15) is 22.8 Å². The summed E-state index contributed by atoms with van der Waals surface area (Å²) < 4.78 is 5.45. The number of amides is 1. The molecule has 0 aliphatic heterocycles. The molecule has 4 nitrogen and oxygen atoms in total. The zero-order valence-corrected chi connectivity index (χ0v) is 12.5. The van der Waals surface area contributed by atoms with Crippen LogP contribution >= 0.6 is 11.6 Å². The van der Waals surface area contributed by atoms with Gasteiger partial charge >= 0.3 is 0 Å². The van der Waals surface area contributed by atoms with Gasteiger partial charge in [-0.15, -0.1) is 0 Å². The van der Waals surface area contributed by atoms with E-state index in [1.807, 2.05) is 19.1 Å². The number of hydrogen-bond acceptors (Lipinski definition) is 3. The summed E-state index contributed by atoms with van der Waals surface area (Å²) in [5, 5.41) is 3.51. The average molecular weight is 305 g/mol. The number of benzene rings is 2. The van der Waals surface area contributed by atoms with Gasteiger partial charge < -0.3 is 15.8 Å². The maximum absolute atomic E-state index is 12.3. The maximum atomic E-state index is 12.3. The smallest absolute Gasteiger partial charge is 0.255 e. The van der Waals surface area contributed by atoms with Gasteiger partial charge in [-0.25, -0.2) is 0 Å². The maximum Gasteiger partial charge on any atom is 0.255 e. The second-order valence-corrected chi connectivity index (χ2v) is 4.90. The van der Waals surface area contributed by atoms with Gasteiger partial charge in [0.15, 0.2) is 5.75 Å². The number of nitrogen functional groups attached to an aromatic ring is 1. The van der Waals surface area contributed by atoms with Crippen LogP contribution < -0.4 is 15.8 Å². The molecule has 0 aliphatic rings. The third-order valence-electron chi connectivity index (χ3n) is 2.95. The largest absolute Gasteiger partial charge is 0.491 e. The molecule has 3 N–H and O–H groups in total. The lowest BCUT2D eigenvalue weighted by Gasteiger charge is -2.12. The summed E-state index contributed by atoms with van der Waals surface area (Å²) in [6.07, 6.45) is 0. The molecule has 0 spiro atoms. The molecule has 0 saturated heterocycles. The highest BCUT2D eigenvalue weighted by atomic mass is 35.5. The van der Waals surface area contributed by atoms with Gasteiger partial charge in [0.1, 0.15) is 0 Å². The SMILES string of the molecule is CCOc1c(N)cccc1C(=O)NCc1ccc(Cl)cc1. The predicted molar refractivity (Wildman–Crippen MR) is 84.6 cm³/mol. The number of nitrogens with one attached hydrogen (secondary N) is 1. The van der Waals surface area contributed by atoms with Crippen molar-refractivity contribution in [1.29, 1.82) is 0 Å². The first-order valence-corrected chi connectivity index (χ1v) is 7.03. The van der Waals surface area contributed by atoms with Crippen LogP contribution in [0.15, 0.2) is 42.5 Å². The molecule has 2 aromatic rings. The van der Waals surface area contributed by atoms with Crippen molar-refractivity contribution in [3.63, 3.8) is 0 Å². The molecule has 1 amide bonds. The number of carbonyl (C=O) groups is 1. The molecular formula is C16H17ClN2O2. The zero-order chi connectivity index (χ0) is 15.2. The van der Waals surface area contributed by atoms with Crippen molar-refractivity contribution in [2.45, 2.75) is 13.5 Å². The van der Waals surface area contributed by atoms with Crippen LogP contribution in [-0.2, 0) is 6.54 Å². The van der Waals surface area contributed by atoms with E-state index in [-0.39, 0.29) is 5.91 Å². The van der Waals surface area contributed by atoms with Crippen LogP contribution in [0.25, 0.3) is 0 Å². The van der Waals surface area contributed by atoms with E-state index >= 15 is 0 Å². The molecule has 0 bridgehead atoms. The third-order valence-corrected chi connectivity index (χ3v) is 3.20. The summed E-state index contributed by atoms with van der Waals surface area (Å²) in [5.41, 5.74) is 7.71. The second-order valence-electron chi connectivity index (χ2n) is 4.47. The van der Waals surface area contributed by atoms with E-state index in [9.17, 15) is 4.79 Å². The Kier molecular flexibility index (Phi) is 5.06. The van der Waals surface area contributed by atoms with Crippen LogP contribution in [0.2, 0.25) is 5.02 Å².